The molecule has 1 saturated heterocycles. The third-order valence-corrected chi connectivity index (χ3v) is 8.01. The van der Waals surface area contributed by atoms with Crippen molar-refractivity contribution < 1.29 is 17.9 Å². The number of benzene rings is 2. The van der Waals surface area contributed by atoms with Crippen LogP contribution in [0.15, 0.2) is 60.7 Å². The zero-order chi connectivity index (χ0) is 22.6. The lowest BCUT2D eigenvalue weighted by molar-refractivity contribution is -0.137. The number of rotatable bonds is 6. The number of hydrogen-bond acceptors (Lipinski definition) is 4. The minimum Gasteiger partial charge on any atom is -0.493 e. The van der Waals surface area contributed by atoms with Gasteiger partial charge in [-0.1, -0.05) is 61.4 Å². The van der Waals surface area contributed by atoms with Gasteiger partial charge in [0.05, 0.1) is 18.3 Å². The van der Waals surface area contributed by atoms with Gasteiger partial charge >= 0.3 is 0 Å². The van der Waals surface area contributed by atoms with Crippen LogP contribution in [0.25, 0.3) is 0 Å². The van der Waals surface area contributed by atoms with Crippen LogP contribution in [-0.4, -0.2) is 62.6 Å². The maximum absolute atomic E-state index is 14.0. The summed E-state index contributed by atoms with van der Waals surface area (Å²) in [5, 5.41) is 0. The Morgan fingerprint density at radius 1 is 0.969 bits per heavy atom. The molecule has 2 aliphatic rings. The molecular weight excluding hydrogens is 424 g/mol. The summed E-state index contributed by atoms with van der Waals surface area (Å²) in [6, 6.07) is 19.6. The maximum Gasteiger partial charge on any atom is 0.233 e. The normalized spacial score (nSPS) is 21.8. The zero-order valence-electron chi connectivity index (χ0n) is 18.7. The summed E-state index contributed by atoms with van der Waals surface area (Å²) in [6.07, 6.45) is 4.98. The highest BCUT2D eigenvalue weighted by atomic mass is 32.2. The fraction of sp³-hybridized carbons (Fsp3) is 0.480. The second-order valence-electron chi connectivity index (χ2n) is 9.02. The van der Waals surface area contributed by atoms with Gasteiger partial charge in [0.15, 0.2) is 0 Å². The van der Waals surface area contributed by atoms with E-state index in [2.05, 4.69) is 12.1 Å². The Hall–Kier alpha value is -2.38. The molecule has 172 valence electrons. The maximum atomic E-state index is 14.0. The van der Waals surface area contributed by atoms with Crippen LogP contribution in [0.2, 0.25) is 0 Å². The van der Waals surface area contributed by atoms with E-state index < -0.39 is 15.4 Å². The van der Waals surface area contributed by atoms with Gasteiger partial charge in [0.1, 0.15) is 5.75 Å². The monoisotopic (exact) mass is 456 g/mol. The standard InChI is InChI=1S/C25H32N2O4S/c1-32(29,30)27-17-16-26(18-21(19-27)20-31-23-12-6-3-7-13-23)24(28)25(14-8-9-15-25)22-10-4-2-5-11-22/h2-7,10-13,21H,8-9,14-20H2,1H3. The van der Waals surface area contributed by atoms with E-state index in [0.29, 0.717) is 32.8 Å². The number of carbonyl (C=O) groups is 1. The van der Waals surface area contributed by atoms with E-state index in [9.17, 15) is 13.2 Å². The number of sulfonamides is 1. The van der Waals surface area contributed by atoms with Crippen molar-refractivity contribution in [2.24, 2.45) is 5.92 Å². The van der Waals surface area contributed by atoms with Gasteiger partial charge in [0.25, 0.3) is 0 Å². The molecule has 1 unspecified atom stereocenters. The van der Waals surface area contributed by atoms with E-state index in [4.69, 9.17) is 4.74 Å². The van der Waals surface area contributed by atoms with Gasteiger partial charge in [-0.15, -0.1) is 0 Å². The number of ether oxygens (including phenoxy) is 1. The lowest BCUT2D eigenvalue weighted by Crippen LogP contribution is -2.48. The molecule has 1 amide bonds. The Labute approximate surface area is 191 Å². The molecule has 0 N–H and O–H groups in total. The molecule has 1 aliphatic heterocycles. The molecule has 32 heavy (non-hydrogen) atoms. The summed E-state index contributed by atoms with van der Waals surface area (Å²) in [6.45, 7) is 1.93. The Balaban J connectivity index is 1.57. The highest BCUT2D eigenvalue weighted by Gasteiger charge is 2.46. The third-order valence-electron chi connectivity index (χ3n) is 6.74. The first-order valence-corrected chi connectivity index (χ1v) is 13.2. The molecule has 2 aromatic carbocycles. The second-order valence-corrected chi connectivity index (χ2v) is 11.0. The van der Waals surface area contributed by atoms with Crippen molar-refractivity contribution in [3.05, 3.63) is 66.2 Å². The minimum atomic E-state index is -3.36. The van der Waals surface area contributed by atoms with Crippen molar-refractivity contribution in [2.45, 2.75) is 31.1 Å². The Morgan fingerprint density at radius 3 is 2.22 bits per heavy atom. The highest BCUT2D eigenvalue weighted by molar-refractivity contribution is 7.88. The molecule has 0 aromatic heterocycles. The van der Waals surface area contributed by atoms with Gasteiger partial charge < -0.3 is 9.64 Å². The van der Waals surface area contributed by atoms with Crippen LogP contribution in [-0.2, 0) is 20.2 Å². The molecule has 4 rings (SSSR count). The number of carbonyl (C=O) groups excluding carboxylic acids is 1. The largest absolute Gasteiger partial charge is 0.493 e. The third kappa shape index (κ3) is 4.99. The number of para-hydroxylation sites is 1. The molecule has 1 heterocycles. The summed E-state index contributed by atoms with van der Waals surface area (Å²) >= 11 is 0. The average Bonchev–Trinajstić information content (AvgIpc) is 3.19. The molecule has 1 saturated carbocycles. The van der Waals surface area contributed by atoms with Crippen LogP contribution in [0.1, 0.15) is 31.2 Å². The summed E-state index contributed by atoms with van der Waals surface area (Å²) < 4.78 is 32.2. The van der Waals surface area contributed by atoms with Crippen LogP contribution < -0.4 is 4.74 Å². The van der Waals surface area contributed by atoms with Gasteiger partial charge in [0, 0.05) is 32.1 Å². The van der Waals surface area contributed by atoms with E-state index in [0.717, 1.165) is 37.0 Å². The fourth-order valence-corrected chi connectivity index (χ4v) is 5.95. The van der Waals surface area contributed by atoms with Crippen LogP contribution >= 0.6 is 0 Å². The van der Waals surface area contributed by atoms with Crippen LogP contribution in [0.3, 0.4) is 0 Å². The van der Waals surface area contributed by atoms with Crippen molar-refractivity contribution in [2.75, 3.05) is 39.0 Å². The number of hydrogen-bond donors (Lipinski definition) is 0. The molecule has 1 aliphatic carbocycles. The Morgan fingerprint density at radius 2 is 1.59 bits per heavy atom. The SMILES string of the molecule is CS(=O)(=O)N1CCN(C(=O)C2(c3ccccc3)CCCC2)CC(COc2ccccc2)C1. The second kappa shape index (κ2) is 9.63. The first kappa shape index (κ1) is 22.8. The molecule has 1 atom stereocenters. The topological polar surface area (TPSA) is 66.9 Å². The average molecular weight is 457 g/mol. The van der Waals surface area contributed by atoms with Crippen molar-refractivity contribution >= 4 is 15.9 Å². The summed E-state index contributed by atoms with van der Waals surface area (Å²) in [5.74, 6) is 0.768. The van der Waals surface area contributed by atoms with Gasteiger partial charge in [-0.25, -0.2) is 8.42 Å². The predicted octanol–water partition coefficient (Wildman–Crippen LogP) is 3.30. The molecule has 2 fully saturated rings. The van der Waals surface area contributed by atoms with Crippen LogP contribution in [0.5, 0.6) is 5.75 Å². The van der Waals surface area contributed by atoms with Crippen molar-refractivity contribution in [1.82, 2.24) is 9.21 Å². The number of nitrogens with zero attached hydrogens (tertiary/aromatic N) is 2. The van der Waals surface area contributed by atoms with E-state index >= 15 is 0 Å². The molecule has 6 nitrogen and oxygen atoms in total. The van der Waals surface area contributed by atoms with E-state index in [1.54, 1.807) is 0 Å². The van der Waals surface area contributed by atoms with E-state index in [-0.39, 0.29) is 11.8 Å². The van der Waals surface area contributed by atoms with Crippen LogP contribution in [0, 0.1) is 5.92 Å². The highest BCUT2D eigenvalue weighted by Crippen LogP contribution is 2.43. The summed E-state index contributed by atoms with van der Waals surface area (Å²) in [7, 11) is -3.36. The molecule has 0 radical (unpaired) electrons. The molecular formula is C25H32N2O4S. The fourth-order valence-electron chi connectivity index (χ4n) is 5.06. The first-order valence-electron chi connectivity index (χ1n) is 11.4. The van der Waals surface area contributed by atoms with E-state index in [1.807, 2.05) is 53.4 Å². The molecule has 0 bridgehead atoms. The summed E-state index contributed by atoms with van der Waals surface area (Å²) in [4.78, 5) is 15.9. The number of amides is 1. The Kier molecular flexibility index (Phi) is 6.86. The van der Waals surface area contributed by atoms with Crippen molar-refractivity contribution in [3.8, 4) is 5.75 Å². The van der Waals surface area contributed by atoms with Gasteiger partial charge in [-0.05, 0) is 30.5 Å². The van der Waals surface area contributed by atoms with Gasteiger partial charge in [0.2, 0.25) is 15.9 Å². The Bertz CT molecular complexity index is 1000. The smallest absolute Gasteiger partial charge is 0.233 e. The molecule has 0 spiro atoms. The molecule has 2 aromatic rings. The van der Waals surface area contributed by atoms with Gasteiger partial charge in [-0.3, -0.25) is 4.79 Å². The quantitative estimate of drug-likeness (QED) is 0.669. The van der Waals surface area contributed by atoms with E-state index in [1.165, 1.54) is 10.6 Å². The van der Waals surface area contributed by atoms with Crippen LogP contribution in [0.4, 0.5) is 0 Å². The predicted molar refractivity (Wildman–Crippen MR) is 125 cm³/mol. The van der Waals surface area contributed by atoms with Gasteiger partial charge in [-0.2, -0.15) is 4.31 Å². The first-order chi connectivity index (χ1) is 15.4. The molecule has 7 heteroatoms. The lowest BCUT2D eigenvalue weighted by Gasteiger charge is -2.35. The minimum absolute atomic E-state index is 0.106. The zero-order valence-corrected chi connectivity index (χ0v) is 19.5. The summed E-state index contributed by atoms with van der Waals surface area (Å²) in [5.41, 5.74) is 0.565. The van der Waals surface area contributed by atoms with Crippen molar-refractivity contribution in [3.63, 3.8) is 0 Å². The van der Waals surface area contributed by atoms with Crippen molar-refractivity contribution in [1.29, 1.82) is 0 Å². The lowest BCUT2D eigenvalue weighted by atomic mass is 9.77.